The van der Waals surface area contributed by atoms with Crippen molar-refractivity contribution in [3.8, 4) is 0 Å². The lowest BCUT2D eigenvalue weighted by atomic mass is 9.94. The van der Waals surface area contributed by atoms with Crippen LogP contribution < -0.4 is 5.32 Å². The molecule has 25 heavy (non-hydrogen) atoms. The minimum atomic E-state index is -0.453. The number of carbonyl (C=O) groups is 1. The first-order chi connectivity index (χ1) is 12.1. The Hall–Kier alpha value is -2.53. The molecule has 0 fully saturated rings. The molecule has 1 aromatic heterocycles. The highest BCUT2D eigenvalue weighted by atomic mass is 32.1. The Labute approximate surface area is 149 Å². The van der Waals surface area contributed by atoms with E-state index >= 15 is 0 Å². The molecule has 128 valence electrons. The van der Waals surface area contributed by atoms with Crippen LogP contribution in [0.15, 0.2) is 66.0 Å². The molecule has 0 aliphatic heterocycles. The first-order valence-electron chi connectivity index (χ1n) is 7.92. The molecule has 1 heterocycles. The summed E-state index contributed by atoms with van der Waals surface area (Å²) in [6.07, 6.45) is 0.520. The summed E-state index contributed by atoms with van der Waals surface area (Å²) in [5, 5.41) is 4.75. The van der Waals surface area contributed by atoms with E-state index in [0.717, 1.165) is 10.4 Å². The maximum Gasteiger partial charge on any atom is 0.228 e. The summed E-state index contributed by atoms with van der Waals surface area (Å²) in [6.45, 7) is 0.119. The molecule has 3 aromatic rings. The fourth-order valence-corrected chi connectivity index (χ4v) is 3.39. The average Bonchev–Trinajstić information content (AvgIpc) is 3.13. The topological polar surface area (TPSA) is 29.1 Å². The summed E-state index contributed by atoms with van der Waals surface area (Å²) in [7, 11) is 0. The summed E-state index contributed by atoms with van der Waals surface area (Å²) in [4.78, 5) is 13.8. The predicted molar refractivity (Wildman–Crippen MR) is 95.4 cm³/mol. The van der Waals surface area contributed by atoms with E-state index in [4.69, 9.17) is 0 Å². The van der Waals surface area contributed by atoms with E-state index in [1.54, 1.807) is 41.7 Å². The van der Waals surface area contributed by atoms with E-state index < -0.39 is 5.92 Å². The number of rotatable bonds is 6. The molecule has 0 spiro atoms. The number of thiophene rings is 1. The van der Waals surface area contributed by atoms with Crippen molar-refractivity contribution in [3.05, 3.63) is 93.7 Å². The molecule has 0 bridgehead atoms. The Morgan fingerprint density at radius 3 is 2.44 bits per heavy atom. The Morgan fingerprint density at radius 1 is 1.00 bits per heavy atom. The summed E-state index contributed by atoms with van der Waals surface area (Å²) in [5.41, 5.74) is 1.17. The van der Waals surface area contributed by atoms with Gasteiger partial charge in [-0.1, -0.05) is 36.4 Å². The minimum absolute atomic E-state index is 0.119. The molecule has 0 radical (unpaired) electrons. The molecule has 0 saturated heterocycles. The lowest BCUT2D eigenvalue weighted by Crippen LogP contribution is -2.30. The van der Waals surface area contributed by atoms with Crippen LogP contribution in [0.25, 0.3) is 0 Å². The second kappa shape index (κ2) is 8.03. The standard InChI is InChI=1S/C20H17F2NOS/c21-16-9-7-14(8-10-16)18(12-17-5-3-11-25-17)20(24)23-13-15-4-1-2-6-19(15)22/h1-11,18H,12-13H2,(H,23,24). The van der Waals surface area contributed by atoms with E-state index in [1.807, 2.05) is 17.5 Å². The van der Waals surface area contributed by atoms with Gasteiger partial charge in [0.2, 0.25) is 5.91 Å². The Balaban J connectivity index is 1.77. The third-order valence-electron chi connectivity index (χ3n) is 3.99. The molecular weight excluding hydrogens is 340 g/mol. The number of nitrogens with one attached hydrogen (secondary N) is 1. The van der Waals surface area contributed by atoms with Gasteiger partial charge in [-0.2, -0.15) is 0 Å². The van der Waals surface area contributed by atoms with Gasteiger partial charge in [0.15, 0.2) is 0 Å². The maximum absolute atomic E-state index is 13.7. The quantitative estimate of drug-likeness (QED) is 0.682. The predicted octanol–water partition coefficient (Wildman–Crippen LogP) is 4.67. The highest BCUT2D eigenvalue weighted by Crippen LogP contribution is 2.24. The molecule has 5 heteroatoms. The fourth-order valence-electron chi connectivity index (χ4n) is 2.63. The molecule has 0 aliphatic carbocycles. The molecule has 2 nitrogen and oxygen atoms in total. The van der Waals surface area contributed by atoms with E-state index in [0.29, 0.717) is 12.0 Å². The highest BCUT2D eigenvalue weighted by Gasteiger charge is 2.22. The van der Waals surface area contributed by atoms with E-state index in [9.17, 15) is 13.6 Å². The summed E-state index contributed by atoms with van der Waals surface area (Å²) >= 11 is 1.57. The molecule has 2 aromatic carbocycles. The van der Waals surface area contributed by atoms with Gasteiger partial charge in [-0.15, -0.1) is 11.3 Å². The van der Waals surface area contributed by atoms with Crippen LogP contribution in [0.5, 0.6) is 0 Å². The zero-order valence-electron chi connectivity index (χ0n) is 13.4. The van der Waals surface area contributed by atoms with Gasteiger partial charge in [-0.05, 0) is 41.6 Å². The van der Waals surface area contributed by atoms with Crippen LogP contribution in [0, 0.1) is 11.6 Å². The summed E-state index contributed by atoms with van der Waals surface area (Å²) in [5.74, 6) is -1.35. The number of benzene rings is 2. The average molecular weight is 357 g/mol. The first-order valence-corrected chi connectivity index (χ1v) is 8.80. The van der Waals surface area contributed by atoms with Gasteiger partial charge < -0.3 is 5.32 Å². The molecule has 3 rings (SSSR count). The van der Waals surface area contributed by atoms with Crippen molar-refractivity contribution in [2.45, 2.75) is 18.9 Å². The van der Waals surface area contributed by atoms with Gasteiger partial charge >= 0.3 is 0 Å². The van der Waals surface area contributed by atoms with Gasteiger partial charge in [0, 0.05) is 17.0 Å². The molecule has 1 N–H and O–H groups in total. The van der Waals surface area contributed by atoms with Gasteiger partial charge in [0.25, 0.3) is 0 Å². The Bertz CT molecular complexity index is 831. The van der Waals surface area contributed by atoms with Crippen LogP contribution in [0.3, 0.4) is 0 Å². The monoisotopic (exact) mass is 357 g/mol. The normalized spacial score (nSPS) is 11.9. The van der Waals surface area contributed by atoms with Crippen molar-refractivity contribution in [3.63, 3.8) is 0 Å². The number of hydrogen-bond acceptors (Lipinski definition) is 2. The molecule has 0 saturated carbocycles. The smallest absolute Gasteiger partial charge is 0.228 e. The maximum atomic E-state index is 13.7. The van der Waals surface area contributed by atoms with Crippen molar-refractivity contribution in [2.75, 3.05) is 0 Å². The molecule has 1 amide bonds. The molecular formula is C20H17F2NOS. The second-order valence-corrected chi connectivity index (χ2v) is 6.73. The van der Waals surface area contributed by atoms with Crippen LogP contribution in [0.4, 0.5) is 8.78 Å². The number of carbonyl (C=O) groups excluding carboxylic acids is 1. The Kier molecular flexibility index (Phi) is 5.56. The van der Waals surface area contributed by atoms with E-state index in [-0.39, 0.29) is 24.1 Å². The number of hydrogen-bond donors (Lipinski definition) is 1. The van der Waals surface area contributed by atoms with Crippen LogP contribution in [0.2, 0.25) is 0 Å². The van der Waals surface area contributed by atoms with Crippen molar-refractivity contribution >= 4 is 17.2 Å². The molecule has 1 atom stereocenters. The highest BCUT2D eigenvalue weighted by molar-refractivity contribution is 7.09. The van der Waals surface area contributed by atoms with Crippen LogP contribution in [-0.4, -0.2) is 5.91 Å². The van der Waals surface area contributed by atoms with Crippen molar-refractivity contribution in [2.24, 2.45) is 0 Å². The largest absolute Gasteiger partial charge is 0.351 e. The van der Waals surface area contributed by atoms with Crippen LogP contribution in [-0.2, 0) is 17.8 Å². The zero-order chi connectivity index (χ0) is 17.6. The molecule has 1 unspecified atom stereocenters. The number of halogens is 2. The van der Waals surface area contributed by atoms with Crippen molar-refractivity contribution in [1.29, 1.82) is 0 Å². The third kappa shape index (κ3) is 4.51. The van der Waals surface area contributed by atoms with Crippen molar-refractivity contribution < 1.29 is 13.6 Å². The lowest BCUT2D eigenvalue weighted by molar-refractivity contribution is -0.122. The second-order valence-electron chi connectivity index (χ2n) is 5.70. The van der Waals surface area contributed by atoms with Gasteiger partial charge in [-0.3, -0.25) is 4.79 Å². The SMILES string of the molecule is O=C(NCc1ccccc1F)C(Cc1cccs1)c1ccc(F)cc1. The zero-order valence-corrected chi connectivity index (χ0v) is 14.2. The lowest BCUT2D eigenvalue weighted by Gasteiger charge is -2.17. The number of amides is 1. The minimum Gasteiger partial charge on any atom is -0.351 e. The summed E-state index contributed by atoms with van der Waals surface area (Å²) in [6, 6.07) is 16.2. The first kappa shape index (κ1) is 17.3. The van der Waals surface area contributed by atoms with Crippen molar-refractivity contribution in [1.82, 2.24) is 5.32 Å². The summed E-state index contributed by atoms with van der Waals surface area (Å²) < 4.78 is 26.9. The van der Waals surface area contributed by atoms with E-state index in [2.05, 4.69) is 5.32 Å². The third-order valence-corrected chi connectivity index (χ3v) is 4.88. The van der Waals surface area contributed by atoms with Crippen LogP contribution in [0.1, 0.15) is 21.9 Å². The molecule has 0 aliphatic rings. The Morgan fingerprint density at radius 2 is 1.76 bits per heavy atom. The fraction of sp³-hybridized carbons (Fsp3) is 0.150. The van der Waals surface area contributed by atoms with Crippen LogP contribution >= 0.6 is 11.3 Å². The van der Waals surface area contributed by atoms with E-state index in [1.165, 1.54) is 18.2 Å². The van der Waals surface area contributed by atoms with Gasteiger partial charge in [-0.25, -0.2) is 8.78 Å². The van der Waals surface area contributed by atoms with Gasteiger partial charge in [0.05, 0.1) is 5.92 Å². The van der Waals surface area contributed by atoms with Gasteiger partial charge in [0.1, 0.15) is 11.6 Å².